The van der Waals surface area contributed by atoms with Crippen LogP contribution in [0.1, 0.15) is 39.9 Å². The third-order valence-electron chi connectivity index (χ3n) is 4.04. The van der Waals surface area contributed by atoms with Crippen molar-refractivity contribution < 1.29 is 0 Å². The molecule has 3 aromatic heterocycles. The van der Waals surface area contributed by atoms with E-state index < -0.39 is 0 Å². The Hall–Kier alpha value is -1.99. The van der Waals surface area contributed by atoms with Gasteiger partial charge in [0.2, 0.25) is 0 Å². The number of rotatable bonds is 4. The average Bonchev–Trinajstić information content (AvgIpc) is 3.00. The summed E-state index contributed by atoms with van der Waals surface area (Å²) < 4.78 is 1.47. The van der Waals surface area contributed by atoms with Crippen LogP contribution in [0.5, 0.6) is 0 Å². The van der Waals surface area contributed by atoms with Crippen LogP contribution in [0, 0.1) is 20.8 Å². The highest BCUT2D eigenvalue weighted by Gasteiger charge is 2.18. The highest BCUT2D eigenvalue weighted by molar-refractivity contribution is 7.11. The minimum Gasteiger partial charge on any atom is -0.294 e. The minimum atomic E-state index is -0.0835. The second-order valence-corrected chi connectivity index (χ2v) is 7.39. The highest BCUT2D eigenvalue weighted by atomic mass is 32.1. The lowest BCUT2D eigenvalue weighted by Gasteiger charge is -2.23. The first-order valence-electron chi connectivity index (χ1n) is 7.57. The summed E-state index contributed by atoms with van der Waals surface area (Å²) >= 11 is 1.72. The van der Waals surface area contributed by atoms with Crippen molar-refractivity contribution in [2.75, 3.05) is 7.05 Å². The van der Waals surface area contributed by atoms with Gasteiger partial charge in [-0.05, 0) is 34.7 Å². The third kappa shape index (κ3) is 3.07. The Labute approximate surface area is 138 Å². The zero-order chi connectivity index (χ0) is 16.7. The van der Waals surface area contributed by atoms with E-state index in [0.29, 0.717) is 12.2 Å². The molecule has 122 valence electrons. The summed E-state index contributed by atoms with van der Waals surface area (Å²) in [5.41, 5.74) is 3.37. The molecule has 1 N–H and O–H groups in total. The summed E-state index contributed by atoms with van der Waals surface area (Å²) in [6, 6.07) is 3.64. The molecule has 23 heavy (non-hydrogen) atoms. The first-order valence-corrected chi connectivity index (χ1v) is 8.39. The molecule has 0 saturated heterocycles. The van der Waals surface area contributed by atoms with Crippen molar-refractivity contribution in [1.29, 1.82) is 0 Å². The molecule has 0 aromatic carbocycles. The lowest BCUT2D eigenvalue weighted by molar-refractivity contribution is 0.245. The van der Waals surface area contributed by atoms with E-state index in [-0.39, 0.29) is 11.6 Å². The van der Waals surface area contributed by atoms with Gasteiger partial charge in [-0.3, -0.25) is 14.8 Å². The summed E-state index contributed by atoms with van der Waals surface area (Å²) in [6.45, 7) is 8.78. The maximum absolute atomic E-state index is 12.2. The standard InChI is InChI=1S/C16H21N5OS/c1-9-6-14-18-13(7-15(22)21(14)19-9)8-20(5)10(2)16-11(3)23-12(4)17-16/h6-7,10,19H,8H2,1-5H3/t10-/m1/s1. The number of nitrogens with one attached hydrogen (secondary N) is 1. The third-order valence-corrected chi connectivity index (χ3v) is 4.94. The summed E-state index contributed by atoms with van der Waals surface area (Å²) in [5, 5.41) is 4.07. The molecule has 6 nitrogen and oxygen atoms in total. The van der Waals surface area contributed by atoms with Gasteiger partial charge in [0, 0.05) is 29.2 Å². The molecule has 0 bridgehead atoms. The van der Waals surface area contributed by atoms with Gasteiger partial charge < -0.3 is 0 Å². The molecule has 0 aliphatic rings. The zero-order valence-electron chi connectivity index (χ0n) is 14.0. The quantitative estimate of drug-likeness (QED) is 0.798. The van der Waals surface area contributed by atoms with Crippen LogP contribution in [-0.2, 0) is 6.54 Å². The van der Waals surface area contributed by atoms with Crippen molar-refractivity contribution in [1.82, 2.24) is 24.5 Å². The average molecular weight is 331 g/mol. The highest BCUT2D eigenvalue weighted by Crippen LogP contribution is 2.26. The van der Waals surface area contributed by atoms with E-state index in [1.807, 2.05) is 27.0 Å². The van der Waals surface area contributed by atoms with Gasteiger partial charge >= 0.3 is 0 Å². The number of H-pyrrole nitrogens is 1. The van der Waals surface area contributed by atoms with Gasteiger partial charge in [-0.15, -0.1) is 11.3 Å². The molecular weight excluding hydrogens is 310 g/mol. The van der Waals surface area contributed by atoms with E-state index in [0.717, 1.165) is 22.1 Å². The predicted molar refractivity (Wildman–Crippen MR) is 92.0 cm³/mol. The number of hydrogen-bond donors (Lipinski definition) is 1. The fraction of sp³-hybridized carbons (Fsp3) is 0.438. The van der Waals surface area contributed by atoms with Crippen molar-refractivity contribution in [3.05, 3.63) is 49.5 Å². The van der Waals surface area contributed by atoms with Crippen LogP contribution >= 0.6 is 11.3 Å². The van der Waals surface area contributed by atoms with Gasteiger partial charge in [-0.1, -0.05) is 0 Å². The maximum atomic E-state index is 12.2. The van der Waals surface area contributed by atoms with Gasteiger partial charge in [0.1, 0.15) is 0 Å². The number of nitrogens with zero attached hydrogens (tertiary/aromatic N) is 4. The molecule has 0 fully saturated rings. The first-order chi connectivity index (χ1) is 10.8. The van der Waals surface area contributed by atoms with Crippen molar-refractivity contribution in [2.24, 2.45) is 0 Å². The molecule has 0 spiro atoms. The fourth-order valence-electron chi connectivity index (χ4n) is 2.78. The SMILES string of the molecule is Cc1cc2nc(CN(C)[C@H](C)c3nc(C)sc3C)cc(=O)n2[nH]1. The Morgan fingerprint density at radius 1 is 1.30 bits per heavy atom. The molecule has 7 heteroatoms. The van der Waals surface area contributed by atoms with Crippen LogP contribution in [0.3, 0.4) is 0 Å². The second kappa shape index (κ2) is 5.90. The monoisotopic (exact) mass is 331 g/mol. The number of thiazole rings is 1. The van der Waals surface area contributed by atoms with Crippen LogP contribution in [0.15, 0.2) is 16.9 Å². The van der Waals surface area contributed by atoms with Crippen molar-refractivity contribution in [3.8, 4) is 0 Å². The van der Waals surface area contributed by atoms with Crippen LogP contribution in [0.2, 0.25) is 0 Å². The molecule has 0 unspecified atom stereocenters. The Morgan fingerprint density at radius 3 is 2.70 bits per heavy atom. The Kier molecular flexibility index (Phi) is 4.08. The summed E-state index contributed by atoms with van der Waals surface area (Å²) in [5.74, 6) is 0. The van der Waals surface area contributed by atoms with Crippen molar-refractivity contribution in [2.45, 2.75) is 40.3 Å². The molecule has 0 radical (unpaired) electrons. The van der Waals surface area contributed by atoms with E-state index in [9.17, 15) is 4.79 Å². The fourth-order valence-corrected chi connectivity index (χ4v) is 3.68. The van der Waals surface area contributed by atoms with E-state index in [1.165, 1.54) is 9.39 Å². The normalized spacial score (nSPS) is 13.1. The lowest BCUT2D eigenvalue weighted by atomic mass is 10.2. The molecule has 0 aliphatic carbocycles. The number of aromatic amines is 1. The van der Waals surface area contributed by atoms with E-state index in [4.69, 9.17) is 0 Å². The molecule has 3 heterocycles. The summed E-state index contributed by atoms with van der Waals surface area (Å²) in [7, 11) is 2.03. The second-order valence-electron chi connectivity index (χ2n) is 5.98. The molecule has 0 amide bonds. The maximum Gasteiger partial charge on any atom is 0.272 e. The van der Waals surface area contributed by atoms with Gasteiger partial charge in [0.25, 0.3) is 5.56 Å². The summed E-state index contributed by atoms with van der Waals surface area (Å²) in [4.78, 5) is 24.8. The van der Waals surface area contributed by atoms with Crippen LogP contribution < -0.4 is 5.56 Å². The Bertz CT molecular complexity index is 907. The number of aromatic nitrogens is 4. The summed E-state index contributed by atoms with van der Waals surface area (Å²) in [6.07, 6.45) is 0. The molecular formula is C16H21N5OS. The Balaban J connectivity index is 1.86. The molecule has 0 saturated carbocycles. The first kappa shape index (κ1) is 15.9. The minimum absolute atomic E-state index is 0.0835. The number of aryl methyl sites for hydroxylation is 3. The molecule has 0 aliphatic heterocycles. The lowest BCUT2D eigenvalue weighted by Crippen LogP contribution is -2.25. The smallest absolute Gasteiger partial charge is 0.272 e. The van der Waals surface area contributed by atoms with Crippen LogP contribution in [0.4, 0.5) is 0 Å². The number of fused-ring (bicyclic) bond motifs is 1. The molecule has 3 aromatic rings. The largest absolute Gasteiger partial charge is 0.294 e. The van der Waals surface area contributed by atoms with E-state index >= 15 is 0 Å². The van der Waals surface area contributed by atoms with E-state index in [1.54, 1.807) is 17.4 Å². The zero-order valence-corrected chi connectivity index (χ0v) is 14.9. The molecule has 1 atom stereocenters. The van der Waals surface area contributed by atoms with Crippen LogP contribution in [0.25, 0.3) is 5.65 Å². The van der Waals surface area contributed by atoms with Gasteiger partial charge in [-0.2, -0.15) is 0 Å². The topological polar surface area (TPSA) is 66.3 Å². The van der Waals surface area contributed by atoms with Crippen molar-refractivity contribution in [3.63, 3.8) is 0 Å². The van der Waals surface area contributed by atoms with Gasteiger partial charge in [0.05, 0.1) is 22.4 Å². The predicted octanol–water partition coefficient (Wildman–Crippen LogP) is 2.60. The Morgan fingerprint density at radius 2 is 2.04 bits per heavy atom. The van der Waals surface area contributed by atoms with Crippen molar-refractivity contribution >= 4 is 17.0 Å². The van der Waals surface area contributed by atoms with Gasteiger partial charge in [-0.25, -0.2) is 14.5 Å². The van der Waals surface area contributed by atoms with Crippen LogP contribution in [-0.4, -0.2) is 31.5 Å². The van der Waals surface area contributed by atoms with Gasteiger partial charge in [0.15, 0.2) is 5.65 Å². The van der Waals surface area contributed by atoms with E-state index in [2.05, 4.69) is 33.8 Å². The number of hydrogen-bond acceptors (Lipinski definition) is 5. The molecule has 3 rings (SSSR count).